The largest absolute Gasteiger partial charge is 0.482 e. The topological polar surface area (TPSA) is 36.9 Å². The summed E-state index contributed by atoms with van der Waals surface area (Å²) in [4.78, 5) is 4.86. The van der Waals surface area contributed by atoms with E-state index in [0.29, 0.717) is 0 Å². The molecule has 4 rings (SSSR count). The average molecular weight is 429 g/mol. The van der Waals surface area contributed by atoms with Crippen molar-refractivity contribution in [1.29, 1.82) is 0 Å². The second-order valence-electron chi connectivity index (χ2n) is 7.04. The summed E-state index contributed by atoms with van der Waals surface area (Å²) in [6.45, 7) is 16.5. The van der Waals surface area contributed by atoms with Crippen molar-refractivity contribution < 1.29 is 18.9 Å². The highest BCUT2D eigenvalue weighted by molar-refractivity contribution is 7.12. The molecule has 4 heterocycles. The van der Waals surface area contributed by atoms with Crippen molar-refractivity contribution in [2.45, 2.75) is 94.7 Å². The first-order valence-corrected chi connectivity index (χ1v) is 10.7. The molecule has 2 aromatic rings. The normalized spacial score (nSPS) is 24.3. The van der Waals surface area contributed by atoms with Gasteiger partial charge in [0.1, 0.15) is 24.4 Å². The van der Waals surface area contributed by atoms with Crippen molar-refractivity contribution in [2.75, 3.05) is 0 Å². The molecule has 4 unspecified atom stereocenters. The van der Waals surface area contributed by atoms with Crippen LogP contribution in [0.5, 0.6) is 23.0 Å². The van der Waals surface area contributed by atoms with E-state index >= 15 is 0 Å². The van der Waals surface area contributed by atoms with Crippen molar-refractivity contribution in [3.05, 3.63) is 19.5 Å². The molecule has 2 aromatic heterocycles. The first-order chi connectivity index (χ1) is 12.2. The van der Waals surface area contributed by atoms with Crippen LogP contribution >= 0.6 is 22.7 Å². The van der Waals surface area contributed by atoms with E-state index in [2.05, 4.69) is 27.7 Å². The third-order valence-electron chi connectivity index (χ3n) is 4.84. The van der Waals surface area contributed by atoms with Crippen LogP contribution in [-0.2, 0) is 0 Å². The molecule has 0 saturated carbocycles. The van der Waals surface area contributed by atoms with Crippen molar-refractivity contribution in [2.24, 2.45) is 0 Å². The second kappa shape index (κ2) is 9.40. The Hall–Kier alpha value is -1.40. The fraction of sp³-hybridized carbons (Fsp3) is 0.636. The van der Waals surface area contributed by atoms with Gasteiger partial charge >= 0.3 is 0 Å². The molecule has 4 nitrogen and oxygen atoms in total. The second-order valence-corrected chi connectivity index (χ2v) is 9.89. The van der Waals surface area contributed by atoms with Gasteiger partial charge in [-0.1, -0.05) is 14.9 Å². The van der Waals surface area contributed by atoms with Gasteiger partial charge in [0.25, 0.3) is 0 Å². The molecule has 0 saturated heterocycles. The SMILES string of the molecule is C.C.Cc1sc(C)c2c1OC(C)C(C)O2.Cc1sc(C)c2c1OC(C)C(C)O2. The minimum absolute atomic E-state index is 0. The van der Waals surface area contributed by atoms with E-state index in [-0.39, 0.29) is 39.3 Å². The number of ether oxygens (including phenoxy) is 4. The number of rotatable bonds is 0. The van der Waals surface area contributed by atoms with E-state index in [1.165, 1.54) is 19.5 Å². The van der Waals surface area contributed by atoms with Gasteiger partial charge in [-0.3, -0.25) is 0 Å². The molecule has 0 aromatic carbocycles. The molecule has 0 aliphatic carbocycles. The van der Waals surface area contributed by atoms with Gasteiger partial charge < -0.3 is 18.9 Å². The molecular formula is C22H36O4S2. The Morgan fingerprint density at radius 1 is 0.464 bits per heavy atom. The summed E-state index contributed by atoms with van der Waals surface area (Å²) in [5.41, 5.74) is 0. The Morgan fingerprint density at radius 3 is 0.821 bits per heavy atom. The highest BCUT2D eigenvalue weighted by Crippen LogP contribution is 2.45. The van der Waals surface area contributed by atoms with Gasteiger partial charge in [0, 0.05) is 19.5 Å². The average Bonchev–Trinajstić information content (AvgIpc) is 2.99. The summed E-state index contributed by atoms with van der Waals surface area (Å²) < 4.78 is 23.1. The van der Waals surface area contributed by atoms with Gasteiger partial charge in [0.15, 0.2) is 23.0 Å². The third-order valence-corrected chi connectivity index (χ3v) is 6.81. The van der Waals surface area contributed by atoms with Crippen molar-refractivity contribution >= 4 is 22.7 Å². The molecule has 160 valence electrons. The summed E-state index contributed by atoms with van der Waals surface area (Å²) in [6.07, 6.45) is 0.612. The first kappa shape index (κ1) is 24.6. The Bertz CT molecular complexity index is 666. The van der Waals surface area contributed by atoms with Gasteiger partial charge in [-0.25, -0.2) is 0 Å². The molecule has 4 atom stereocenters. The van der Waals surface area contributed by atoms with Crippen LogP contribution in [0.25, 0.3) is 0 Å². The predicted octanol–water partition coefficient (Wildman–Crippen LogP) is 7.10. The Morgan fingerprint density at radius 2 is 0.643 bits per heavy atom. The van der Waals surface area contributed by atoms with Gasteiger partial charge in [-0.05, 0) is 55.4 Å². The molecule has 0 radical (unpaired) electrons. The summed E-state index contributed by atoms with van der Waals surface area (Å²) in [5.74, 6) is 3.81. The molecule has 0 amide bonds. The lowest BCUT2D eigenvalue weighted by molar-refractivity contribution is 0.0430. The lowest BCUT2D eigenvalue weighted by atomic mass is 10.2. The van der Waals surface area contributed by atoms with Crippen LogP contribution < -0.4 is 18.9 Å². The first-order valence-electron chi connectivity index (χ1n) is 9.05. The summed E-state index contributed by atoms with van der Waals surface area (Å²) in [7, 11) is 0. The van der Waals surface area contributed by atoms with Crippen molar-refractivity contribution in [3.63, 3.8) is 0 Å². The van der Waals surface area contributed by atoms with Crippen LogP contribution in [0.2, 0.25) is 0 Å². The van der Waals surface area contributed by atoms with E-state index < -0.39 is 0 Å². The Kier molecular flexibility index (Phi) is 8.27. The van der Waals surface area contributed by atoms with Crippen LogP contribution in [0.4, 0.5) is 0 Å². The molecule has 0 spiro atoms. The van der Waals surface area contributed by atoms with Crippen LogP contribution in [0.15, 0.2) is 0 Å². The fourth-order valence-electron chi connectivity index (χ4n) is 2.96. The number of thiophene rings is 2. The lowest BCUT2D eigenvalue weighted by Crippen LogP contribution is -2.34. The maximum atomic E-state index is 5.78. The van der Waals surface area contributed by atoms with Gasteiger partial charge in [-0.2, -0.15) is 0 Å². The Balaban J connectivity index is 0.000000261. The maximum Gasteiger partial charge on any atom is 0.175 e. The zero-order valence-electron chi connectivity index (χ0n) is 16.8. The molecule has 2 aliphatic rings. The number of hydrogen-bond acceptors (Lipinski definition) is 6. The van der Waals surface area contributed by atoms with Crippen LogP contribution in [0.1, 0.15) is 62.1 Å². The van der Waals surface area contributed by atoms with Gasteiger partial charge in [0.05, 0.1) is 0 Å². The zero-order valence-corrected chi connectivity index (χ0v) is 18.4. The molecule has 6 heteroatoms. The lowest BCUT2D eigenvalue weighted by Gasteiger charge is -2.28. The standard InChI is InChI=1S/2C10H14O2S.2CH4/c2*1-5-6(2)12-10-8(4)13-7(3)9(10)11-5;;/h2*5-6H,1-4H3;2*1H4. The number of fused-ring (bicyclic) bond motifs is 2. The summed E-state index contributed by atoms with van der Waals surface area (Å²) >= 11 is 3.48. The van der Waals surface area contributed by atoms with Crippen LogP contribution in [0, 0.1) is 27.7 Å². The molecule has 2 aliphatic heterocycles. The van der Waals surface area contributed by atoms with E-state index in [0.717, 1.165) is 23.0 Å². The number of hydrogen-bond donors (Lipinski definition) is 0. The molecule has 0 bridgehead atoms. The summed E-state index contributed by atoms with van der Waals surface area (Å²) in [5, 5.41) is 0. The Labute approximate surface area is 178 Å². The highest BCUT2D eigenvalue weighted by atomic mass is 32.1. The monoisotopic (exact) mass is 428 g/mol. The molecule has 0 fully saturated rings. The van der Waals surface area contributed by atoms with Gasteiger partial charge in [-0.15, -0.1) is 22.7 Å². The van der Waals surface area contributed by atoms with E-state index in [1.54, 1.807) is 22.7 Å². The number of aryl methyl sites for hydroxylation is 4. The van der Waals surface area contributed by atoms with Crippen molar-refractivity contribution in [3.8, 4) is 23.0 Å². The molecule has 0 N–H and O–H groups in total. The minimum atomic E-state index is 0. The molecule has 28 heavy (non-hydrogen) atoms. The van der Waals surface area contributed by atoms with E-state index in [1.807, 2.05) is 27.7 Å². The smallest absolute Gasteiger partial charge is 0.175 e. The van der Waals surface area contributed by atoms with Crippen molar-refractivity contribution in [1.82, 2.24) is 0 Å². The predicted molar refractivity (Wildman–Crippen MR) is 121 cm³/mol. The fourth-order valence-corrected chi connectivity index (χ4v) is 4.81. The minimum Gasteiger partial charge on any atom is -0.482 e. The summed E-state index contributed by atoms with van der Waals surface area (Å²) in [6, 6.07) is 0. The third kappa shape index (κ3) is 4.60. The van der Waals surface area contributed by atoms with E-state index in [9.17, 15) is 0 Å². The molecular weight excluding hydrogens is 392 g/mol. The van der Waals surface area contributed by atoms with Crippen LogP contribution in [-0.4, -0.2) is 24.4 Å². The highest BCUT2D eigenvalue weighted by Gasteiger charge is 2.29. The van der Waals surface area contributed by atoms with Crippen LogP contribution in [0.3, 0.4) is 0 Å². The zero-order chi connectivity index (χ0) is 19.2. The van der Waals surface area contributed by atoms with E-state index in [4.69, 9.17) is 18.9 Å². The quantitative estimate of drug-likeness (QED) is 0.448. The van der Waals surface area contributed by atoms with Gasteiger partial charge in [0.2, 0.25) is 0 Å². The maximum absolute atomic E-state index is 5.78.